The summed E-state index contributed by atoms with van der Waals surface area (Å²) >= 11 is 1.57. The average molecular weight is 328 g/mol. The fourth-order valence-electron chi connectivity index (χ4n) is 2.02. The van der Waals surface area contributed by atoms with Gasteiger partial charge in [0.05, 0.1) is 11.6 Å². The van der Waals surface area contributed by atoms with Gasteiger partial charge in [0.1, 0.15) is 23.0 Å². The third-order valence-corrected chi connectivity index (χ3v) is 3.90. The van der Waals surface area contributed by atoms with Crippen LogP contribution in [0.25, 0.3) is 17.5 Å². The van der Waals surface area contributed by atoms with E-state index in [2.05, 4.69) is 10.3 Å². The van der Waals surface area contributed by atoms with Crippen molar-refractivity contribution in [2.45, 2.75) is 20.4 Å². The first-order valence-corrected chi connectivity index (χ1v) is 8.02. The summed E-state index contributed by atoms with van der Waals surface area (Å²) in [5, 5.41) is 5.71. The maximum Gasteiger partial charge on any atom is 0.244 e. The first kappa shape index (κ1) is 15.3. The van der Waals surface area contributed by atoms with Gasteiger partial charge in [-0.2, -0.15) is 0 Å². The summed E-state index contributed by atoms with van der Waals surface area (Å²) in [6, 6.07) is 7.36. The van der Waals surface area contributed by atoms with Crippen molar-refractivity contribution in [3.63, 3.8) is 0 Å². The topological polar surface area (TPSA) is 68.3 Å². The van der Waals surface area contributed by atoms with Gasteiger partial charge in [-0.15, -0.1) is 11.3 Å². The minimum Gasteiger partial charge on any atom is -0.462 e. The molecule has 23 heavy (non-hydrogen) atoms. The Morgan fingerprint density at radius 1 is 1.26 bits per heavy atom. The van der Waals surface area contributed by atoms with Crippen LogP contribution in [0.2, 0.25) is 0 Å². The molecule has 3 heterocycles. The number of furan rings is 2. The molecule has 0 radical (unpaired) electrons. The maximum atomic E-state index is 11.8. The molecule has 118 valence electrons. The Morgan fingerprint density at radius 3 is 2.83 bits per heavy atom. The Balaban J connectivity index is 1.55. The van der Waals surface area contributed by atoms with Crippen LogP contribution in [0, 0.1) is 13.8 Å². The van der Waals surface area contributed by atoms with E-state index < -0.39 is 0 Å². The number of hydrogen-bond acceptors (Lipinski definition) is 5. The van der Waals surface area contributed by atoms with E-state index in [1.807, 2.05) is 43.5 Å². The molecule has 3 aromatic heterocycles. The van der Waals surface area contributed by atoms with E-state index in [1.54, 1.807) is 17.4 Å². The molecule has 0 aromatic carbocycles. The van der Waals surface area contributed by atoms with Crippen molar-refractivity contribution in [2.75, 3.05) is 0 Å². The van der Waals surface area contributed by atoms with E-state index in [0.29, 0.717) is 23.8 Å². The molecule has 0 unspecified atom stereocenters. The molecule has 0 saturated heterocycles. The van der Waals surface area contributed by atoms with Crippen LogP contribution in [0.15, 0.2) is 44.6 Å². The minimum absolute atomic E-state index is 0.207. The van der Waals surface area contributed by atoms with Crippen molar-refractivity contribution in [1.29, 1.82) is 0 Å². The molecule has 1 amide bonds. The molecule has 1 N–H and O–H groups in total. The Kier molecular flexibility index (Phi) is 4.43. The van der Waals surface area contributed by atoms with Crippen LogP contribution in [-0.2, 0) is 11.3 Å². The van der Waals surface area contributed by atoms with Crippen LogP contribution in [0.3, 0.4) is 0 Å². The van der Waals surface area contributed by atoms with Gasteiger partial charge in [0.25, 0.3) is 0 Å². The van der Waals surface area contributed by atoms with Crippen molar-refractivity contribution in [3.8, 4) is 11.5 Å². The van der Waals surface area contributed by atoms with Gasteiger partial charge < -0.3 is 14.2 Å². The highest BCUT2D eigenvalue weighted by Gasteiger charge is 2.08. The molecule has 0 saturated carbocycles. The Morgan fingerprint density at radius 2 is 2.13 bits per heavy atom. The molecule has 0 atom stereocenters. The van der Waals surface area contributed by atoms with Crippen LogP contribution in [0.4, 0.5) is 0 Å². The van der Waals surface area contributed by atoms with E-state index in [0.717, 1.165) is 16.5 Å². The van der Waals surface area contributed by atoms with Gasteiger partial charge in [0.2, 0.25) is 5.91 Å². The lowest BCUT2D eigenvalue weighted by atomic mass is 10.3. The normalized spacial score (nSPS) is 11.2. The minimum atomic E-state index is -0.207. The van der Waals surface area contributed by atoms with Gasteiger partial charge in [-0.25, -0.2) is 4.98 Å². The van der Waals surface area contributed by atoms with Gasteiger partial charge in [0.15, 0.2) is 5.76 Å². The second-order valence-corrected chi connectivity index (χ2v) is 6.08. The van der Waals surface area contributed by atoms with Crippen molar-refractivity contribution in [1.82, 2.24) is 10.3 Å². The molecule has 0 aliphatic heterocycles. The molecule has 0 aliphatic rings. The van der Waals surface area contributed by atoms with E-state index in [-0.39, 0.29) is 5.91 Å². The summed E-state index contributed by atoms with van der Waals surface area (Å²) in [5.74, 6) is 2.64. The van der Waals surface area contributed by atoms with Crippen molar-refractivity contribution in [2.24, 2.45) is 0 Å². The Labute approximate surface area is 137 Å². The first-order chi connectivity index (χ1) is 11.1. The summed E-state index contributed by atoms with van der Waals surface area (Å²) in [4.78, 5) is 16.2. The molecule has 5 nitrogen and oxygen atoms in total. The molecular weight excluding hydrogens is 312 g/mol. The Bertz CT molecular complexity index is 842. The zero-order chi connectivity index (χ0) is 16.2. The molecule has 0 bridgehead atoms. The van der Waals surface area contributed by atoms with E-state index >= 15 is 0 Å². The number of carbonyl (C=O) groups is 1. The fourth-order valence-corrected chi connectivity index (χ4v) is 2.62. The number of nitrogens with zero attached hydrogens (tertiary/aromatic N) is 1. The smallest absolute Gasteiger partial charge is 0.244 e. The summed E-state index contributed by atoms with van der Waals surface area (Å²) in [5.41, 5.74) is 0.818. The second kappa shape index (κ2) is 6.66. The molecule has 3 rings (SSSR count). The number of nitrogens with one attached hydrogen (secondary N) is 1. The molecule has 0 spiro atoms. The SMILES string of the molecule is Cc1ccc(/C=C\C(=O)NCc2ccc(-c3csc(C)n3)o2)o1. The summed E-state index contributed by atoms with van der Waals surface area (Å²) in [6.07, 6.45) is 3.07. The summed E-state index contributed by atoms with van der Waals surface area (Å²) in [7, 11) is 0. The average Bonchev–Trinajstić information content (AvgIpc) is 3.24. The van der Waals surface area contributed by atoms with E-state index in [1.165, 1.54) is 6.08 Å². The predicted molar refractivity (Wildman–Crippen MR) is 88.9 cm³/mol. The fraction of sp³-hybridized carbons (Fsp3) is 0.176. The lowest BCUT2D eigenvalue weighted by Crippen LogP contribution is -2.19. The first-order valence-electron chi connectivity index (χ1n) is 7.14. The number of aryl methyl sites for hydroxylation is 2. The largest absolute Gasteiger partial charge is 0.462 e. The van der Waals surface area contributed by atoms with Gasteiger partial charge in [-0.1, -0.05) is 0 Å². The third-order valence-electron chi connectivity index (χ3n) is 3.13. The zero-order valence-corrected chi connectivity index (χ0v) is 13.6. The van der Waals surface area contributed by atoms with Crippen LogP contribution in [0.1, 0.15) is 22.3 Å². The highest BCUT2D eigenvalue weighted by atomic mass is 32.1. The Hall–Kier alpha value is -2.60. The van der Waals surface area contributed by atoms with Gasteiger partial charge in [0, 0.05) is 11.5 Å². The number of amides is 1. The standard InChI is InChI=1S/C17H16N2O3S/c1-11-3-4-13(21-11)6-8-17(20)18-9-14-5-7-16(22-14)15-10-23-12(2)19-15/h3-8,10H,9H2,1-2H3,(H,18,20)/b8-6-. The predicted octanol–water partition coefficient (Wildman–Crippen LogP) is 3.94. The van der Waals surface area contributed by atoms with Gasteiger partial charge in [-0.3, -0.25) is 4.79 Å². The number of hydrogen-bond donors (Lipinski definition) is 1. The molecule has 0 aliphatic carbocycles. The second-order valence-electron chi connectivity index (χ2n) is 5.02. The van der Waals surface area contributed by atoms with Crippen LogP contribution in [-0.4, -0.2) is 10.9 Å². The molecular formula is C17H16N2O3S. The highest BCUT2D eigenvalue weighted by molar-refractivity contribution is 7.09. The van der Waals surface area contributed by atoms with Crippen LogP contribution >= 0.6 is 11.3 Å². The van der Waals surface area contributed by atoms with E-state index in [4.69, 9.17) is 8.83 Å². The van der Waals surface area contributed by atoms with E-state index in [9.17, 15) is 4.79 Å². The lowest BCUT2D eigenvalue weighted by Gasteiger charge is -1.98. The summed E-state index contributed by atoms with van der Waals surface area (Å²) < 4.78 is 11.0. The van der Waals surface area contributed by atoms with Crippen LogP contribution in [0.5, 0.6) is 0 Å². The summed E-state index contributed by atoms with van der Waals surface area (Å²) in [6.45, 7) is 4.13. The van der Waals surface area contributed by atoms with Crippen molar-refractivity contribution < 1.29 is 13.6 Å². The van der Waals surface area contributed by atoms with Crippen LogP contribution < -0.4 is 5.32 Å². The van der Waals surface area contributed by atoms with Crippen molar-refractivity contribution in [3.05, 3.63) is 58.0 Å². The number of carbonyl (C=O) groups excluding carboxylic acids is 1. The molecule has 6 heteroatoms. The highest BCUT2D eigenvalue weighted by Crippen LogP contribution is 2.23. The van der Waals surface area contributed by atoms with Crippen molar-refractivity contribution >= 4 is 23.3 Å². The lowest BCUT2D eigenvalue weighted by molar-refractivity contribution is -0.116. The molecule has 0 fully saturated rings. The number of thiazole rings is 1. The third kappa shape index (κ3) is 3.98. The van der Waals surface area contributed by atoms with Gasteiger partial charge >= 0.3 is 0 Å². The zero-order valence-electron chi connectivity index (χ0n) is 12.8. The maximum absolute atomic E-state index is 11.8. The quantitative estimate of drug-likeness (QED) is 0.720. The number of rotatable bonds is 5. The molecule has 3 aromatic rings. The monoisotopic (exact) mass is 328 g/mol. The van der Waals surface area contributed by atoms with Gasteiger partial charge in [-0.05, 0) is 44.2 Å². The number of aromatic nitrogens is 1.